The van der Waals surface area contributed by atoms with Crippen LogP contribution in [0.25, 0.3) is 0 Å². The van der Waals surface area contributed by atoms with Gasteiger partial charge in [-0.05, 0) is 39.2 Å². The number of carbonyl (C=O) groups is 1. The first-order chi connectivity index (χ1) is 16.7. The molecule has 0 aromatic carbocycles. The molecule has 0 aliphatic carbocycles. The Kier molecular flexibility index (Phi) is 9.30. The largest absolute Gasteiger partial charge is 0.421 e. The second-order valence-corrected chi connectivity index (χ2v) is 8.82. The molecule has 0 saturated carbocycles. The number of amidine groups is 1. The van der Waals surface area contributed by atoms with Crippen LogP contribution >= 0.6 is 0 Å². The van der Waals surface area contributed by atoms with Crippen molar-refractivity contribution >= 4 is 23.8 Å². The lowest BCUT2D eigenvalue weighted by Crippen LogP contribution is -2.36. The van der Waals surface area contributed by atoms with Crippen LogP contribution in [-0.2, 0) is 4.79 Å². The van der Waals surface area contributed by atoms with Crippen molar-refractivity contribution in [2.24, 2.45) is 15.7 Å². The number of aromatic nitrogens is 2. The number of piperidine rings is 1. The molecule has 2 aliphatic heterocycles. The van der Waals surface area contributed by atoms with Crippen molar-refractivity contribution in [1.29, 1.82) is 0 Å². The molecule has 1 unspecified atom stereocenters. The van der Waals surface area contributed by atoms with E-state index in [4.69, 9.17) is 5.73 Å². The molecule has 1 aromatic rings. The number of nitrogens with one attached hydrogen (secondary N) is 1. The fourth-order valence-electron chi connectivity index (χ4n) is 4.36. The van der Waals surface area contributed by atoms with Gasteiger partial charge < -0.3 is 20.9 Å². The smallest absolute Gasteiger partial charge is 0.390 e. The highest BCUT2D eigenvalue weighted by atomic mass is 19.4. The van der Waals surface area contributed by atoms with E-state index < -0.39 is 17.6 Å². The zero-order chi connectivity index (χ0) is 25.4. The van der Waals surface area contributed by atoms with Gasteiger partial charge >= 0.3 is 6.18 Å². The van der Waals surface area contributed by atoms with Gasteiger partial charge in [0.1, 0.15) is 5.57 Å². The maximum atomic E-state index is 13.9. The summed E-state index contributed by atoms with van der Waals surface area (Å²) in [6.07, 6.45) is 2.44. The summed E-state index contributed by atoms with van der Waals surface area (Å²) in [6, 6.07) is 0.195. The predicted octanol–water partition coefficient (Wildman–Crippen LogP) is 3.10. The molecule has 1 atom stereocenters. The summed E-state index contributed by atoms with van der Waals surface area (Å²) < 4.78 is 43.5. The van der Waals surface area contributed by atoms with Gasteiger partial charge in [0.25, 0.3) is 0 Å². The van der Waals surface area contributed by atoms with Gasteiger partial charge in [-0.2, -0.15) is 18.3 Å². The third-order valence-electron chi connectivity index (χ3n) is 6.37. The van der Waals surface area contributed by atoms with Gasteiger partial charge in [-0.25, -0.2) is 4.99 Å². The number of rotatable bonds is 9. The van der Waals surface area contributed by atoms with Gasteiger partial charge in [0.2, 0.25) is 5.91 Å². The topological polar surface area (TPSA) is 104 Å². The number of anilines is 1. The van der Waals surface area contributed by atoms with Crippen LogP contribution in [0.1, 0.15) is 50.8 Å². The molecule has 1 aromatic heterocycles. The molecule has 1 amide bonds. The van der Waals surface area contributed by atoms with Crippen LogP contribution in [0.5, 0.6) is 0 Å². The van der Waals surface area contributed by atoms with Crippen LogP contribution in [0.15, 0.2) is 28.0 Å². The molecule has 0 bridgehead atoms. The summed E-state index contributed by atoms with van der Waals surface area (Å²) in [5, 5.41) is 7.25. The molecular weight excluding hydrogens is 461 g/mol. The Morgan fingerprint density at radius 1 is 1.34 bits per heavy atom. The van der Waals surface area contributed by atoms with Crippen LogP contribution in [0.3, 0.4) is 0 Å². The zero-order valence-electron chi connectivity index (χ0n) is 20.4. The Labute approximate surface area is 203 Å². The number of likely N-dealkylation sites (tertiary alicyclic amines) is 2. The lowest BCUT2D eigenvalue weighted by atomic mass is 10.1. The van der Waals surface area contributed by atoms with Crippen LogP contribution in [0, 0.1) is 6.92 Å². The number of hydrogen-bond acceptors (Lipinski definition) is 5. The fourth-order valence-corrected chi connectivity index (χ4v) is 4.36. The van der Waals surface area contributed by atoms with Gasteiger partial charge in [-0.1, -0.05) is 6.92 Å². The Hall–Kier alpha value is -2.89. The molecule has 3 N–H and O–H groups in total. The average Bonchev–Trinajstić information content (AvgIpc) is 3.43. The van der Waals surface area contributed by atoms with Crippen molar-refractivity contribution in [2.75, 3.05) is 44.6 Å². The standard InChI is InChI=1S/C23H35F3N8O/c1-3-32-12-8-18(14-32)34-15-20(17(2)31-34)29-13-19(23(24,25)26)22(30-16-27)28-9-6-11-33-10-5-4-7-21(33)35/h13,15-16,18,29H,3-12,14H2,1-2H3,(H2,27,28,30). The van der Waals surface area contributed by atoms with E-state index in [0.29, 0.717) is 37.3 Å². The van der Waals surface area contributed by atoms with Gasteiger partial charge in [0.15, 0.2) is 5.84 Å². The van der Waals surface area contributed by atoms with E-state index in [1.807, 2.05) is 4.68 Å². The molecular formula is C23H35F3N8O. The summed E-state index contributed by atoms with van der Waals surface area (Å²) in [6.45, 7) is 7.88. The number of likely N-dealkylation sites (N-methyl/N-ethyl adjacent to an activating group) is 1. The van der Waals surface area contributed by atoms with Crippen molar-refractivity contribution in [3.05, 3.63) is 23.7 Å². The van der Waals surface area contributed by atoms with Gasteiger partial charge in [0.05, 0.1) is 23.8 Å². The van der Waals surface area contributed by atoms with Crippen molar-refractivity contribution in [3.63, 3.8) is 0 Å². The summed E-state index contributed by atoms with van der Waals surface area (Å²) in [5.41, 5.74) is 5.38. The average molecular weight is 497 g/mol. The van der Waals surface area contributed by atoms with E-state index in [2.05, 4.69) is 32.2 Å². The molecule has 0 spiro atoms. The highest BCUT2D eigenvalue weighted by molar-refractivity contribution is 6.03. The minimum absolute atomic E-state index is 0.0800. The summed E-state index contributed by atoms with van der Waals surface area (Å²) in [4.78, 5) is 23.7. The summed E-state index contributed by atoms with van der Waals surface area (Å²) in [7, 11) is 0. The van der Waals surface area contributed by atoms with Crippen LogP contribution in [0.4, 0.5) is 18.9 Å². The van der Waals surface area contributed by atoms with Gasteiger partial charge in [-0.15, -0.1) is 0 Å². The summed E-state index contributed by atoms with van der Waals surface area (Å²) >= 11 is 0. The number of nitrogens with two attached hydrogens (primary N) is 1. The molecule has 2 aliphatic rings. The van der Waals surface area contributed by atoms with Crippen molar-refractivity contribution in [1.82, 2.24) is 19.6 Å². The molecule has 194 valence electrons. The molecule has 3 heterocycles. The Morgan fingerprint density at radius 3 is 2.80 bits per heavy atom. The first kappa shape index (κ1) is 26.7. The van der Waals surface area contributed by atoms with E-state index in [1.54, 1.807) is 18.0 Å². The van der Waals surface area contributed by atoms with Gasteiger partial charge in [0, 0.05) is 51.5 Å². The number of amides is 1. The second-order valence-electron chi connectivity index (χ2n) is 8.82. The second kappa shape index (κ2) is 12.2. The molecule has 0 radical (unpaired) electrons. The van der Waals surface area contributed by atoms with E-state index >= 15 is 0 Å². The summed E-state index contributed by atoms with van der Waals surface area (Å²) in [5.74, 6) is -0.423. The first-order valence-corrected chi connectivity index (χ1v) is 12.1. The Balaban J connectivity index is 1.70. The van der Waals surface area contributed by atoms with E-state index in [0.717, 1.165) is 51.4 Å². The third-order valence-corrected chi connectivity index (χ3v) is 6.37. The van der Waals surface area contributed by atoms with E-state index in [-0.39, 0.29) is 18.5 Å². The SMILES string of the molecule is CCN1CCC(n2cc(NC=C(C(N=CN)=NCCCN3CCCCC3=O)C(F)(F)F)c(C)n2)C1. The minimum atomic E-state index is -4.70. The number of nitrogens with zero attached hydrogens (tertiary/aromatic N) is 6. The molecule has 2 fully saturated rings. The number of aliphatic imine (C=N–C) groups is 2. The third kappa shape index (κ3) is 7.30. The van der Waals surface area contributed by atoms with Crippen molar-refractivity contribution in [2.45, 2.75) is 58.2 Å². The lowest BCUT2D eigenvalue weighted by molar-refractivity contribution is -0.133. The number of alkyl halides is 3. The normalized spacial score (nSPS) is 20.9. The predicted molar refractivity (Wildman–Crippen MR) is 131 cm³/mol. The number of aryl methyl sites for hydroxylation is 1. The highest BCUT2D eigenvalue weighted by Crippen LogP contribution is 2.29. The Morgan fingerprint density at radius 2 is 2.14 bits per heavy atom. The molecule has 12 heteroatoms. The van der Waals surface area contributed by atoms with Crippen molar-refractivity contribution < 1.29 is 18.0 Å². The number of carbonyl (C=O) groups excluding carboxylic acids is 1. The van der Waals surface area contributed by atoms with Crippen molar-refractivity contribution in [3.8, 4) is 0 Å². The monoisotopic (exact) mass is 496 g/mol. The number of hydrogen-bond donors (Lipinski definition) is 2. The van der Waals surface area contributed by atoms with E-state index in [9.17, 15) is 18.0 Å². The maximum absolute atomic E-state index is 13.9. The molecule has 9 nitrogen and oxygen atoms in total. The maximum Gasteiger partial charge on any atom is 0.421 e. The van der Waals surface area contributed by atoms with Crippen LogP contribution < -0.4 is 11.1 Å². The fraction of sp³-hybridized carbons (Fsp3) is 0.652. The highest BCUT2D eigenvalue weighted by Gasteiger charge is 2.37. The van der Waals surface area contributed by atoms with E-state index in [1.165, 1.54) is 0 Å². The van der Waals surface area contributed by atoms with Crippen LogP contribution in [-0.4, -0.2) is 83.1 Å². The molecule has 35 heavy (non-hydrogen) atoms. The molecule has 3 rings (SSSR count). The lowest BCUT2D eigenvalue weighted by Gasteiger charge is -2.26. The molecule has 2 saturated heterocycles. The van der Waals surface area contributed by atoms with Crippen LogP contribution in [0.2, 0.25) is 0 Å². The number of halogens is 3. The quantitative estimate of drug-likeness (QED) is 0.311. The minimum Gasteiger partial charge on any atom is -0.390 e. The zero-order valence-corrected chi connectivity index (χ0v) is 20.4. The van der Waals surface area contributed by atoms with Gasteiger partial charge in [-0.3, -0.25) is 14.5 Å². The Bertz CT molecular complexity index is 953. The first-order valence-electron chi connectivity index (χ1n) is 12.1.